The average molecular weight is 294 g/mol. The van der Waals surface area contributed by atoms with Crippen LogP contribution >= 0.6 is 0 Å². The summed E-state index contributed by atoms with van der Waals surface area (Å²) < 4.78 is 10.5. The van der Waals surface area contributed by atoms with E-state index >= 15 is 0 Å². The van der Waals surface area contributed by atoms with Crippen molar-refractivity contribution in [3.05, 3.63) is 23.0 Å². The van der Waals surface area contributed by atoms with Gasteiger partial charge in [0.05, 0.1) is 26.0 Å². The van der Waals surface area contributed by atoms with E-state index in [0.717, 1.165) is 35.5 Å². The van der Waals surface area contributed by atoms with Crippen LogP contribution in [0.4, 0.5) is 0 Å². The summed E-state index contributed by atoms with van der Waals surface area (Å²) in [6, 6.07) is 0. The van der Waals surface area contributed by atoms with Crippen molar-refractivity contribution >= 4 is 5.97 Å². The van der Waals surface area contributed by atoms with Crippen LogP contribution in [0.15, 0.2) is 6.20 Å². The van der Waals surface area contributed by atoms with Crippen LogP contribution in [-0.4, -0.2) is 42.7 Å². The van der Waals surface area contributed by atoms with Crippen molar-refractivity contribution in [3.63, 3.8) is 0 Å². The van der Waals surface area contributed by atoms with Gasteiger partial charge in [-0.1, -0.05) is 6.92 Å². The summed E-state index contributed by atoms with van der Waals surface area (Å²) in [6.07, 6.45) is 2.79. The topological polar surface area (TPSA) is 51.7 Å². The molecule has 0 atom stereocenters. The van der Waals surface area contributed by atoms with Gasteiger partial charge >= 0.3 is 5.97 Å². The second-order valence-electron chi connectivity index (χ2n) is 5.06. The van der Waals surface area contributed by atoms with Gasteiger partial charge in [0.2, 0.25) is 0 Å². The second kappa shape index (κ2) is 8.62. The molecule has 1 aromatic rings. The van der Waals surface area contributed by atoms with Crippen molar-refractivity contribution in [3.8, 4) is 5.75 Å². The lowest BCUT2D eigenvalue weighted by Gasteiger charge is -2.22. The summed E-state index contributed by atoms with van der Waals surface area (Å²) in [5.41, 5.74) is 2.99. The van der Waals surface area contributed by atoms with E-state index in [-0.39, 0.29) is 5.97 Å². The number of nitrogens with zero attached hydrogens (tertiary/aromatic N) is 2. The molecule has 1 aromatic heterocycles. The molecule has 21 heavy (non-hydrogen) atoms. The zero-order valence-corrected chi connectivity index (χ0v) is 13.7. The summed E-state index contributed by atoms with van der Waals surface area (Å²) in [5, 5.41) is 0. The maximum absolute atomic E-state index is 11.7. The largest absolute Gasteiger partial charge is 0.496 e. The quantitative estimate of drug-likeness (QED) is 0.689. The van der Waals surface area contributed by atoms with Gasteiger partial charge in [0, 0.05) is 23.9 Å². The molecule has 1 heterocycles. The van der Waals surface area contributed by atoms with Gasteiger partial charge in [-0.15, -0.1) is 0 Å². The van der Waals surface area contributed by atoms with Crippen molar-refractivity contribution in [1.29, 1.82) is 0 Å². The maximum atomic E-state index is 11.7. The molecule has 0 aliphatic rings. The molecule has 0 spiro atoms. The fourth-order valence-electron chi connectivity index (χ4n) is 2.36. The molecule has 0 aliphatic heterocycles. The number of esters is 1. The lowest BCUT2D eigenvalue weighted by atomic mass is 10.1. The molecule has 0 N–H and O–H groups in total. The SMILES string of the molecule is CCCN(CC(=O)OCC)Cc1ncc(C)c(OC)c1C. The van der Waals surface area contributed by atoms with Crippen LogP contribution in [0.5, 0.6) is 5.75 Å². The van der Waals surface area contributed by atoms with Gasteiger partial charge in [-0.3, -0.25) is 14.7 Å². The molecule has 0 bridgehead atoms. The highest BCUT2D eigenvalue weighted by Crippen LogP contribution is 2.24. The van der Waals surface area contributed by atoms with E-state index in [4.69, 9.17) is 9.47 Å². The third-order valence-electron chi connectivity index (χ3n) is 3.32. The first-order chi connectivity index (χ1) is 10.0. The summed E-state index contributed by atoms with van der Waals surface area (Å²) in [5.74, 6) is 0.676. The number of carbonyl (C=O) groups excluding carboxylic acids is 1. The van der Waals surface area contributed by atoms with Gasteiger partial charge in [0.15, 0.2) is 0 Å². The average Bonchev–Trinajstić information content (AvgIpc) is 2.43. The molecule has 0 aliphatic carbocycles. The maximum Gasteiger partial charge on any atom is 0.320 e. The molecule has 5 heteroatoms. The number of carbonyl (C=O) groups is 1. The molecule has 0 aromatic carbocycles. The fraction of sp³-hybridized carbons (Fsp3) is 0.625. The third-order valence-corrected chi connectivity index (χ3v) is 3.32. The van der Waals surface area contributed by atoms with Crippen molar-refractivity contribution in [1.82, 2.24) is 9.88 Å². The highest BCUT2D eigenvalue weighted by Gasteiger charge is 2.15. The van der Waals surface area contributed by atoms with Crippen LogP contribution in [0.2, 0.25) is 0 Å². The Labute approximate surface area is 127 Å². The fourth-order valence-corrected chi connectivity index (χ4v) is 2.36. The minimum absolute atomic E-state index is 0.192. The van der Waals surface area contributed by atoms with Crippen LogP contribution in [-0.2, 0) is 16.1 Å². The monoisotopic (exact) mass is 294 g/mol. The smallest absolute Gasteiger partial charge is 0.320 e. The van der Waals surface area contributed by atoms with Gasteiger partial charge in [0.1, 0.15) is 5.75 Å². The highest BCUT2D eigenvalue weighted by molar-refractivity contribution is 5.71. The lowest BCUT2D eigenvalue weighted by Crippen LogP contribution is -2.32. The minimum atomic E-state index is -0.192. The Hall–Kier alpha value is -1.62. The first kappa shape index (κ1) is 17.4. The predicted molar refractivity (Wildman–Crippen MR) is 82.5 cm³/mol. The Morgan fingerprint density at radius 1 is 1.33 bits per heavy atom. The zero-order chi connectivity index (χ0) is 15.8. The first-order valence-electron chi connectivity index (χ1n) is 7.40. The molecule has 5 nitrogen and oxygen atoms in total. The number of methoxy groups -OCH3 is 1. The molecule has 0 fully saturated rings. The van der Waals surface area contributed by atoms with Crippen LogP contribution in [0.1, 0.15) is 37.1 Å². The lowest BCUT2D eigenvalue weighted by molar-refractivity contribution is -0.144. The Kier molecular flexibility index (Phi) is 7.15. The number of pyridine rings is 1. The summed E-state index contributed by atoms with van der Waals surface area (Å²) in [4.78, 5) is 18.2. The summed E-state index contributed by atoms with van der Waals surface area (Å²) in [6.45, 7) is 10.0. The molecule has 0 saturated carbocycles. The van der Waals surface area contributed by atoms with E-state index < -0.39 is 0 Å². The van der Waals surface area contributed by atoms with E-state index in [9.17, 15) is 4.79 Å². The molecule has 0 amide bonds. The molecule has 118 valence electrons. The zero-order valence-electron chi connectivity index (χ0n) is 13.7. The Morgan fingerprint density at radius 3 is 2.62 bits per heavy atom. The summed E-state index contributed by atoms with van der Waals surface area (Å²) in [7, 11) is 1.67. The summed E-state index contributed by atoms with van der Waals surface area (Å²) >= 11 is 0. The van der Waals surface area contributed by atoms with E-state index in [1.54, 1.807) is 7.11 Å². The molecule has 0 unspecified atom stereocenters. The van der Waals surface area contributed by atoms with E-state index in [1.807, 2.05) is 27.0 Å². The predicted octanol–water partition coefficient (Wildman–Crippen LogP) is 2.48. The number of hydrogen-bond donors (Lipinski definition) is 0. The standard InChI is InChI=1S/C16H26N2O3/c1-6-8-18(11-15(19)21-7-2)10-14-13(4)16(20-5)12(3)9-17-14/h9H,6-8,10-11H2,1-5H3. The normalized spacial score (nSPS) is 10.8. The van der Waals surface area contributed by atoms with Crippen LogP contribution in [0, 0.1) is 13.8 Å². The van der Waals surface area contributed by atoms with Gasteiger partial charge < -0.3 is 9.47 Å². The van der Waals surface area contributed by atoms with Crippen molar-refractivity contribution in [2.24, 2.45) is 0 Å². The van der Waals surface area contributed by atoms with Crippen LogP contribution in [0.25, 0.3) is 0 Å². The Morgan fingerprint density at radius 2 is 2.05 bits per heavy atom. The van der Waals surface area contributed by atoms with Crippen molar-refractivity contribution in [2.75, 3.05) is 26.8 Å². The van der Waals surface area contributed by atoms with Crippen molar-refractivity contribution < 1.29 is 14.3 Å². The van der Waals surface area contributed by atoms with Gasteiger partial charge in [-0.05, 0) is 33.7 Å². The van der Waals surface area contributed by atoms with Gasteiger partial charge in [-0.25, -0.2) is 0 Å². The Balaban J connectivity index is 2.86. The highest BCUT2D eigenvalue weighted by atomic mass is 16.5. The molecular formula is C16H26N2O3. The van der Waals surface area contributed by atoms with Crippen LogP contribution in [0.3, 0.4) is 0 Å². The number of rotatable bonds is 8. The molecule has 0 saturated heterocycles. The number of ether oxygens (including phenoxy) is 2. The number of aryl methyl sites for hydroxylation is 1. The molecular weight excluding hydrogens is 268 g/mol. The number of hydrogen-bond acceptors (Lipinski definition) is 5. The van der Waals surface area contributed by atoms with Gasteiger partial charge in [-0.2, -0.15) is 0 Å². The second-order valence-corrected chi connectivity index (χ2v) is 5.06. The van der Waals surface area contributed by atoms with Crippen LogP contribution < -0.4 is 4.74 Å². The van der Waals surface area contributed by atoms with E-state index in [0.29, 0.717) is 19.7 Å². The first-order valence-corrected chi connectivity index (χ1v) is 7.40. The minimum Gasteiger partial charge on any atom is -0.496 e. The van der Waals surface area contributed by atoms with Gasteiger partial charge in [0.25, 0.3) is 0 Å². The Bertz CT molecular complexity index is 475. The van der Waals surface area contributed by atoms with E-state index in [2.05, 4.69) is 16.8 Å². The molecule has 1 rings (SSSR count). The van der Waals surface area contributed by atoms with Crippen molar-refractivity contribution in [2.45, 2.75) is 40.7 Å². The third kappa shape index (κ3) is 5.01. The molecule has 0 radical (unpaired) electrons. The van der Waals surface area contributed by atoms with E-state index in [1.165, 1.54) is 0 Å². The number of aromatic nitrogens is 1.